The normalized spacial score (nSPS) is 19.3. The molecular formula is C23H26F2N2O2. The number of ether oxygens (including phenoxy) is 1. The van der Waals surface area contributed by atoms with Crippen molar-refractivity contribution in [2.24, 2.45) is 0 Å². The van der Waals surface area contributed by atoms with E-state index in [-0.39, 0.29) is 23.6 Å². The number of piperidine rings is 2. The number of para-hydroxylation sites is 1. The summed E-state index contributed by atoms with van der Waals surface area (Å²) in [6, 6.07) is 12.8. The van der Waals surface area contributed by atoms with Crippen molar-refractivity contribution in [1.82, 2.24) is 9.80 Å². The number of amides is 1. The van der Waals surface area contributed by atoms with E-state index in [1.165, 1.54) is 18.2 Å². The first-order valence-electron chi connectivity index (χ1n) is 10.3. The SMILES string of the molecule is O=C(c1ccc(F)cc1)N1CCC(N2CCC(Oc3ccccc3F)CC2)CC1. The Kier molecular flexibility index (Phi) is 6.09. The summed E-state index contributed by atoms with van der Waals surface area (Å²) < 4.78 is 32.7. The Morgan fingerprint density at radius 2 is 1.52 bits per heavy atom. The molecule has 0 spiro atoms. The van der Waals surface area contributed by atoms with Crippen LogP contribution in [0.2, 0.25) is 0 Å². The molecule has 0 unspecified atom stereocenters. The number of halogens is 2. The Labute approximate surface area is 170 Å². The first kappa shape index (κ1) is 19.8. The number of carbonyl (C=O) groups excluding carboxylic acids is 1. The third-order valence-corrected chi connectivity index (χ3v) is 5.97. The molecule has 2 heterocycles. The first-order valence-corrected chi connectivity index (χ1v) is 10.3. The molecular weight excluding hydrogens is 374 g/mol. The van der Waals surface area contributed by atoms with Crippen LogP contribution in [0.1, 0.15) is 36.0 Å². The zero-order valence-electron chi connectivity index (χ0n) is 16.4. The smallest absolute Gasteiger partial charge is 0.253 e. The lowest BCUT2D eigenvalue weighted by Gasteiger charge is -2.41. The lowest BCUT2D eigenvalue weighted by Crippen LogP contribution is -2.50. The van der Waals surface area contributed by atoms with Gasteiger partial charge in [0.15, 0.2) is 11.6 Å². The van der Waals surface area contributed by atoms with Gasteiger partial charge >= 0.3 is 0 Å². The summed E-state index contributed by atoms with van der Waals surface area (Å²) in [5, 5.41) is 0. The summed E-state index contributed by atoms with van der Waals surface area (Å²) in [6.45, 7) is 3.28. The van der Waals surface area contributed by atoms with Gasteiger partial charge in [0.2, 0.25) is 0 Å². The van der Waals surface area contributed by atoms with Crippen molar-refractivity contribution in [2.45, 2.75) is 37.8 Å². The maximum Gasteiger partial charge on any atom is 0.253 e. The van der Waals surface area contributed by atoms with Crippen LogP contribution >= 0.6 is 0 Å². The van der Waals surface area contributed by atoms with E-state index < -0.39 is 0 Å². The third kappa shape index (κ3) is 4.75. The van der Waals surface area contributed by atoms with E-state index in [0.717, 1.165) is 38.8 Å². The Balaban J connectivity index is 1.24. The predicted molar refractivity (Wildman–Crippen MR) is 107 cm³/mol. The maximum absolute atomic E-state index is 13.8. The topological polar surface area (TPSA) is 32.8 Å². The molecule has 0 aromatic heterocycles. The van der Waals surface area contributed by atoms with Crippen molar-refractivity contribution in [3.05, 3.63) is 65.7 Å². The molecule has 4 rings (SSSR count). The number of rotatable bonds is 4. The summed E-state index contributed by atoms with van der Waals surface area (Å²) in [4.78, 5) is 16.9. The average Bonchev–Trinajstić information content (AvgIpc) is 2.76. The van der Waals surface area contributed by atoms with E-state index in [0.29, 0.717) is 30.4 Å². The van der Waals surface area contributed by atoms with Crippen molar-refractivity contribution in [3.8, 4) is 5.75 Å². The quantitative estimate of drug-likeness (QED) is 0.774. The first-order chi connectivity index (χ1) is 14.1. The molecule has 2 fully saturated rings. The van der Waals surface area contributed by atoms with Crippen molar-refractivity contribution in [1.29, 1.82) is 0 Å². The monoisotopic (exact) mass is 400 g/mol. The van der Waals surface area contributed by atoms with Crippen LogP contribution in [0.4, 0.5) is 8.78 Å². The Morgan fingerprint density at radius 1 is 0.862 bits per heavy atom. The second-order valence-corrected chi connectivity index (χ2v) is 7.81. The van der Waals surface area contributed by atoms with Gasteiger partial charge in [0.25, 0.3) is 5.91 Å². The predicted octanol–water partition coefficient (Wildman–Crippen LogP) is 4.11. The van der Waals surface area contributed by atoms with E-state index in [2.05, 4.69) is 4.90 Å². The van der Waals surface area contributed by atoms with Crippen molar-refractivity contribution in [3.63, 3.8) is 0 Å². The van der Waals surface area contributed by atoms with E-state index in [4.69, 9.17) is 4.74 Å². The van der Waals surface area contributed by atoms with Crippen LogP contribution < -0.4 is 4.74 Å². The van der Waals surface area contributed by atoms with Crippen LogP contribution in [0.5, 0.6) is 5.75 Å². The Bertz CT molecular complexity index is 827. The highest BCUT2D eigenvalue weighted by molar-refractivity contribution is 5.94. The van der Waals surface area contributed by atoms with Crippen molar-refractivity contribution >= 4 is 5.91 Å². The van der Waals surface area contributed by atoms with Gasteiger partial charge in [-0.3, -0.25) is 9.69 Å². The van der Waals surface area contributed by atoms with Crippen LogP contribution in [-0.2, 0) is 0 Å². The van der Waals surface area contributed by atoms with Gasteiger partial charge in [-0.05, 0) is 62.1 Å². The van der Waals surface area contributed by atoms with E-state index in [1.807, 2.05) is 4.90 Å². The van der Waals surface area contributed by atoms with Gasteiger partial charge in [-0.25, -0.2) is 8.78 Å². The van der Waals surface area contributed by atoms with E-state index in [9.17, 15) is 13.6 Å². The van der Waals surface area contributed by atoms with Gasteiger partial charge in [-0.15, -0.1) is 0 Å². The maximum atomic E-state index is 13.8. The van der Waals surface area contributed by atoms with Crippen LogP contribution in [0.25, 0.3) is 0 Å². The van der Waals surface area contributed by atoms with Gasteiger partial charge in [-0.2, -0.15) is 0 Å². The number of hydrogen-bond acceptors (Lipinski definition) is 3. The summed E-state index contributed by atoms with van der Waals surface area (Å²) in [6.07, 6.45) is 3.67. The Morgan fingerprint density at radius 3 is 2.17 bits per heavy atom. The highest BCUT2D eigenvalue weighted by atomic mass is 19.1. The number of benzene rings is 2. The number of hydrogen-bond donors (Lipinski definition) is 0. The highest BCUT2D eigenvalue weighted by Gasteiger charge is 2.30. The van der Waals surface area contributed by atoms with Gasteiger partial charge < -0.3 is 9.64 Å². The number of likely N-dealkylation sites (tertiary alicyclic amines) is 2. The summed E-state index contributed by atoms with van der Waals surface area (Å²) in [7, 11) is 0. The molecule has 2 aliphatic heterocycles. The van der Waals surface area contributed by atoms with E-state index in [1.54, 1.807) is 30.3 Å². The molecule has 0 radical (unpaired) electrons. The molecule has 1 amide bonds. The molecule has 2 aromatic carbocycles. The fourth-order valence-electron chi connectivity index (χ4n) is 4.29. The molecule has 6 heteroatoms. The summed E-state index contributed by atoms with van der Waals surface area (Å²) >= 11 is 0. The summed E-state index contributed by atoms with van der Waals surface area (Å²) in [5.74, 6) is -0.338. The molecule has 154 valence electrons. The van der Waals surface area contributed by atoms with Gasteiger partial charge in [-0.1, -0.05) is 12.1 Å². The van der Waals surface area contributed by atoms with Crippen LogP contribution in [0.3, 0.4) is 0 Å². The van der Waals surface area contributed by atoms with Crippen molar-refractivity contribution < 1.29 is 18.3 Å². The number of carbonyl (C=O) groups is 1. The van der Waals surface area contributed by atoms with Crippen LogP contribution in [0, 0.1) is 11.6 Å². The fraction of sp³-hybridized carbons (Fsp3) is 0.435. The minimum Gasteiger partial charge on any atom is -0.487 e. The van der Waals surface area contributed by atoms with Gasteiger partial charge in [0.05, 0.1) is 0 Å². The molecule has 0 bridgehead atoms. The molecule has 0 aliphatic carbocycles. The standard InChI is InChI=1S/C23H26F2N2O2/c24-18-7-5-17(6-8-18)23(28)27-13-9-19(10-14-27)26-15-11-20(12-16-26)29-22-4-2-1-3-21(22)25/h1-8,19-20H,9-16H2. The lowest BCUT2D eigenvalue weighted by atomic mass is 9.98. The second kappa shape index (κ2) is 8.91. The zero-order valence-corrected chi connectivity index (χ0v) is 16.4. The molecule has 29 heavy (non-hydrogen) atoms. The third-order valence-electron chi connectivity index (χ3n) is 5.97. The summed E-state index contributed by atoms with van der Waals surface area (Å²) in [5.41, 5.74) is 0.538. The minimum absolute atomic E-state index is 0.0274. The van der Waals surface area contributed by atoms with Gasteiger partial charge in [0, 0.05) is 37.8 Å². The van der Waals surface area contributed by atoms with Crippen LogP contribution in [-0.4, -0.2) is 54.0 Å². The Hall–Kier alpha value is -2.47. The molecule has 2 saturated heterocycles. The minimum atomic E-state index is -0.331. The molecule has 0 atom stereocenters. The molecule has 2 aromatic rings. The molecule has 4 nitrogen and oxygen atoms in total. The fourth-order valence-corrected chi connectivity index (χ4v) is 4.29. The van der Waals surface area contributed by atoms with Crippen molar-refractivity contribution in [2.75, 3.05) is 26.2 Å². The lowest BCUT2D eigenvalue weighted by molar-refractivity contribution is 0.0416. The van der Waals surface area contributed by atoms with E-state index >= 15 is 0 Å². The zero-order chi connectivity index (χ0) is 20.2. The van der Waals surface area contributed by atoms with Crippen LogP contribution in [0.15, 0.2) is 48.5 Å². The number of nitrogens with zero attached hydrogens (tertiary/aromatic N) is 2. The molecule has 0 N–H and O–H groups in total. The molecule has 2 aliphatic rings. The average molecular weight is 400 g/mol. The highest BCUT2D eigenvalue weighted by Crippen LogP contribution is 2.25. The molecule has 0 saturated carbocycles. The largest absolute Gasteiger partial charge is 0.487 e. The van der Waals surface area contributed by atoms with Gasteiger partial charge in [0.1, 0.15) is 11.9 Å². The second-order valence-electron chi connectivity index (χ2n) is 7.81.